The number of carbonyl (C=O) groups excluding carboxylic acids is 2. The summed E-state index contributed by atoms with van der Waals surface area (Å²) < 4.78 is 23.1. The molecule has 0 aromatic heterocycles. The summed E-state index contributed by atoms with van der Waals surface area (Å²) in [6.07, 6.45) is 7.66. The molecule has 32 heavy (non-hydrogen) atoms. The second-order valence-electron chi connectivity index (χ2n) is 9.91. The maximum atomic E-state index is 13.0. The van der Waals surface area contributed by atoms with Crippen molar-refractivity contribution in [3.8, 4) is 0 Å². The smallest absolute Gasteiger partial charge is 0.309 e. The lowest BCUT2D eigenvalue weighted by atomic mass is 9.53. The lowest BCUT2D eigenvalue weighted by Crippen LogP contribution is -2.43. The summed E-state index contributed by atoms with van der Waals surface area (Å²) in [6, 6.07) is 7.70. The van der Waals surface area contributed by atoms with E-state index in [1.807, 2.05) is 30.3 Å². The normalized spacial score (nSPS) is 32.3. The minimum Gasteiger partial charge on any atom is -0.309 e. The molecule has 4 aliphatic carbocycles. The van der Waals surface area contributed by atoms with Crippen LogP contribution in [0.5, 0.6) is 0 Å². The Balaban J connectivity index is 1.62. The van der Waals surface area contributed by atoms with Crippen LogP contribution in [0.4, 0.5) is 0 Å². The van der Waals surface area contributed by atoms with Crippen LogP contribution >= 0.6 is 7.60 Å². The van der Waals surface area contributed by atoms with E-state index in [0.29, 0.717) is 35.8 Å². The highest BCUT2D eigenvalue weighted by molar-refractivity contribution is 7.62. The average molecular weight is 455 g/mol. The maximum absolute atomic E-state index is 13.0. The Bertz CT molecular complexity index is 1070. The van der Waals surface area contributed by atoms with Crippen LogP contribution in [0.1, 0.15) is 63.4 Å². The number of rotatable bonds is 4. The predicted molar refractivity (Wildman–Crippen MR) is 123 cm³/mol. The number of fused-ring (bicyclic) bond motifs is 4. The maximum Gasteiger partial charge on any atom is 0.360 e. The van der Waals surface area contributed by atoms with Crippen molar-refractivity contribution < 1.29 is 23.2 Å². The first kappa shape index (κ1) is 22.0. The van der Waals surface area contributed by atoms with Crippen LogP contribution in [-0.2, 0) is 23.2 Å². The van der Waals surface area contributed by atoms with Crippen LogP contribution in [0, 0.1) is 17.3 Å². The third kappa shape index (κ3) is 3.24. The summed E-state index contributed by atoms with van der Waals surface area (Å²) in [7, 11) is -0.522. The molecule has 1 unspecified atom stereocenters. The number of hydrogen-bond acceptors (Lipinski definition) is 5. The highest BCUT2D eigenvalue weighted by atomic mass is 31.2. The van der Waals surface area contributed by atoms with Gasteiger partial charge in [-0.25, -0.2) is 0 Å². The van der Waals surface area contributed by atoms with Crippen molar-refractivity contribution in [1.82, 2.24) is 0 Å². The molecular formula is C26H31O5P. The van der Waals surface area contributed by atoms with Crippen molar-refractivity contribution in [2.24, 2.45) is 17.3 Å². The van der Waals surface area contributed by atoms with Crippen LogP contribution in [0.3, 0.4) is 0 Å². The Kier molecular flexibility index (Phi) is 5.43. The molecule has 2 saturated carbocycles. The van der Waals surface area contributed by atoms with Gasteiger partial charge in [-0.2, -0.15) is 0 Å². The van der Waals surface area contributed by atoms with E-state index in [1.54, 1.807) is 0 Å². The van der Waals surface area contributed by atoms with Crippen molar-refractivity contribution in [2.75, 3.05) is 14.2 Å². The van der Waals surface area contributed by atoms with E-state index in [2.05, 4.69) is 6.92 Å². The molecule has 4 aliphatic rings. The minimum atomic E-state index is -3.31. The molecule has 170 valence electrons. The molecule has 0 amide bonds. The third-order valence-electron chi connectivity index (χ3n) is 8.54. The van der Waals surface area contributed by atoms with Crippen LogP contribution in [0.15, 0.2) is 47.1 Å². The molecular weight excluding hydrogens is 423 g/mol. The quantitative estimate of drug-likeness (QED) is 0.580. The molecule has 5 nitrogen and oxygen atoms in total. The van der Waals surface area contributed by atoms with E-state index in [-0.39, 0.29) is 17.1 Å². The fourth-order valence-electron chi connectivity index (χ4n) is 6.91. The molecule has 0 spiro atoms. The van der Waals surface area contributed by atoms with E-state index >= 15 is 0 Å². The monoisotopic (exact) mass is 454 g/mol. The number of ketones is 2. The molecule has 2 fully saturated rings. The fourth-order valence-corrected chi connectivity index (χ4v) is 7.99. The number of carbonyl (C=O) groups is 2. The molecule has 1 aromatic rings. The van der Waals surface area contributed by atoms with Gasteiger partial charge in [0.2, 0.25) is 0 Å². The highest BCUT2D eigenvalue weighted by Gasteiger charge is 2.56. The van der Waals surface area contributed by atoms with Crippen LogP contribution in [0.2, 0.25) is 0 Å². The largest absolute Gasteiger partial charge is 0.360 e. The Morgan fingerprint density at radius 1 is 0.969 bits per heavy atom. The molecule has 0 bridgehead atoms. The van der Waals surface area contributed by atoms with Crippen molar-refractivity contribution in [3.05, 3.63) is 52.6 Å². The first-order chi connectivity index (χ1) is 15.3. The minimum absolute atomic E-state index is 0.133. The number of hydrogen-bond donors (Lipinski definition) is 0. The van der Waals surface area contributed by atoms with Gasteiger partial charge in [-0.3, -0.25) is 14.2 Å². The number of Topliss-reactive ketones (excluding diaryl/α,β-unsaturated/α-hetero) is 1. The van der Waals surface area contributed by atoms with Gasteiger partial charge in [0.15, 0.2) is 5.78 Å². The van der Waals surface area contributed by atoms with Gasteiger partial charge in [0.1, 0.15) is 5.78 Å². The topological polar surface area (TPSA) is 69.7 Å². The predicted octanol–water partition coefficient (Wildman–Crippen LogP) is 5.27. The molecule has 0 radical (unpaired) electrons. The van der Waals surface area contributed by atoms with Gasteiger partial charge < -0.3 is 9.05 Å². The third-order valence-corrected chi connectivity index (χ3v) is 10.4. The molecule has 6 heteroatoms. The SMILES string of the molecule is COP(=O)(OC)c1ccc([C@H]2C[C@]3(C)C(=O)CC[C@H]3C3CCC4=CC(=O)CCC4=C32)cc1. The Morgan fingerprint density at radius 3 is 2.38 bits per heavy atom. The highest BCUT2D eigenvalue weighted by Crippen LogP contribution is 2.62. The van der Waals surface area contributed by atoms with Gasteiger partial charge in [-0.05, 0) is 78.9 Å². The molecule has 0 heterocycles. The number of allylic oxidation sites excluding steroid dienone is 4. The molecule has 1 aromatic carbocycles. The van der Waals surface area contributed by atoms with Crippen molar-refractivity contribution in [3.63, 3.8) is 0 Å². The van der Waals surface area contributed by atoms with Gasteiger partial charge in [-0.1, -0.05) is 24.6 Å². The van der Waals surface area contributed by atoms with Gasteiger partial charge in [0.25, 0.3) is 0 Å². The lowest BCUT2D eigenvalue weighted by molar-refractivity contribution is -0.128. The zero-order valence-corrected chi connectivity index (χ0v) is 20.0. The van der Waals surface area contributed by atoms with Crippen molar-refractivity contribution in [1.29, 1.82) is 0 Å². The summed E-state index contributed by atoms with van der Waals surface area (Å²) in [5.41, 5.74) is 4.89. The molecule has 0 saturated heterocycles. The van der Waals surface area contributed by atoms with E-state index < -0.39 is 7.60 Å². The Morgan fingerprint density at radius 2 is 1.69 bits per heavy atom. The van der Waals surface area contributed by atoms with Crippen molar-refractivity contribution >= 4 is 24.5 Å². The van der Waals surface area contributed by atoms with Crippen LogP contribution < -0.4 is 5.30 Å². The first-order valence-corrected chi connectivity index (χ1v) is 13.2. The summed E-state index contributed by atoms with van der Waals surface area (Å²) in [5, 5.41) is 0.532. The van der Waals surface area contributed by atoms with Crippen LogP contribution in [0.25, 0.3) is 0 Å². The summed E-state index contributed by atoms with van der Waals surface area (Å²) >= 11 is 0. The van der Waals surface area contributed by atoms with Crippen LogP contribution in [-0.4, -0.2) is 25.8 Å². The second-order valence-corrected chi connectivity index (χ2v) is 12.2. The zero-order valence-electron chi connectivity index (χ0n) is 19.1. The summed E-state index contributed by atoms with van der Waals surface area (Å²) in [6.45, 7) is 2.18. The molecule has 0 aliphatic heterocycles. The van der Waals surface area contributed by atoms with E-state index in [4.69, 9.17) is 9.05 Å². The molecule has 0 N–H and O–H groups in total. The second kappa shape index (κ2) is 7.90. The summed E-state index contributed by atoms with van der Waals surface area (Å²) in [4.78, 5) is 25.1. The fraction of sp³-hybridized carbons (Fsp3) is 0.538. The molecule has 4 atom stereocenters. The van der Waals surface area contributed by atoms with Crippen molar-refractivity contribution in [2.45, 2.75) is 57.8 Å². The van der Waals surface area contributed by atoms with Gasteiger partial charge in [-0.15, -0.1) is 0 Å². The number of benzene rings is 1. The Labute approximate surface area is 189 Å². The summed E-state index contributed by atoms with van der Waals surface area (Å²) in [5.74, 6) is 1.56. The van der Waals surface area contributed by atoms with Gasteiger partial charge in [0.05, 0.1) is 5.30 Å². The van der Waals surface area contributed by atoms with E-state index in [9.17, 15) is 14.2 Å². The van der Waals surface area contributed by atoms with E-state index in [1.165, 1.54) is 30.9 Å². The van der Waals surface area contributed by atoms with Gasteiger partial charge in [0, 0.05) is 38.4 Å². The lowest BCUT2D eigenvalue weighted by Gasteiger charge is -2.50. The van der Waals surface area contributed by atoms with E-state index in [0.717, 1.165) is 37.7 Å². The Hall–Kier alpha value is -1.81. The van der Waals surface area contributed by atoms with Gasteiger partial charge >= 0.3 is 7.60 Å². The first-order valence-electron chi connectivity index (χ1n) is 11.6. The average Bonchev–Trinajstić information content (AvgIpc) is 3.12. The zero-order chi connectivity index (χ0) is 22.7. The molecule has 5 rings (SSSR count). The standard InChI is InChI=1S/C26H31O5P/c1-26-15-22(16-4-8-19(9-5-16)32(29,30-2)31-3)25-20-11-7-18(27)14-17(20)6-10-21(25)23(26)12-13-24(26)28/h4-5,8-9,14,21-23H,6-7,10-13,15H2,1-3H3/t21?,22-,23+,26+/m1/s1.